The molecule has 1 aromatic heterocycles. The lowest BCUT2D eigenvalue weighted by molar-refractivity contribution is -0.138. The summed E-state index contributed by atoms with van der Waals surface area (Å²) in [5.41, 5.74) is -0.758. The first-order valence-corrected chi connectivity index (χ1v) is 8.90. The van der Waals surface area contributed by atoms with Crippen molar-refractivity contribution in [2.75, 3.05) is 18.4 Å². The zero-order valence-electron chi connectivity index (χ0n) is 13.6. The lowest BCUT2D eigenvalue weighted by atomic mass is 10.1. The molecule has 0 amide bonds. The van der Waals surface area contributed by atoms with Gasteiger partial charge in [-0.2, -0.15) is 18.4 Å². The molecule has 1 heterocycles. The van der Waals surface area contributed by atoms with Crippen molar-refractivity contribution < 1.29 is 21.6 Å². The van der Waals surface area contributed by atoms with E-state index in [2.05, 4.69) is 15.0 Å². The van der Waals surface area contributed by atoms with Gasteiger partial charge in [-0.3, -0.25) is 0 Å². The third-order valence-corrected chi connectivity index (χ3v) is 4.92. The van der Waals surface area contributed by atoms with Crippen molar-refractivity contribution in [1.29, 1.82) is 5.26 Å². The average Bonchev–Trinajstić information content (AvgIpc) is 2.58. The highest BCUT2D eigenvalue weighted by atomic mass is 32.2. The van der Waals surface area contributed by atoms with Crippen molar-refractivity contribution in [3.8, 4) is 6.07 Å². The fourth-order valence-corrected chi connectivity index (χ4v) is 3.22. The Bertz CT molecular complexity index is 937. The van der Waals surface area contributed by atoms with Crippen LogP contribution in [0.5, 0.6) is 0 Å². The number of hydrogen-bond acceptors (Lipinski definition) is 5. The molecule has 0 bridgehead atoms. The minimum absolute atomic E-state index is 0.0581. The standard InChI is InChI=1S/C16H15F3N4O2S/c1-11-4-5-13(9-14(11)16(17,18)19)26(24,25)23-8-7-22-15-12(10-20)3-2-6-21-15/h2-6,9,23H,7-8H2,1H3,(H,21,22). The zero-order chi connectivity index (χ0) is 19.4. The number of sulfonamides is 1. The van der Waals surface area contributed by atoms with Crippen LogP contribution in [0.25, 0.3) is 0 Å². The van der Waals surface area contributed by atoms with E-state index in [0.29, 0.717) is 17.4 Å². The summed E-state index contributed by atoms with van der Waals surface area (Å²) in [6, 6.07) is 7.91. The van der Waals surface area contributed by atoms with Gasteiger partial charge in [-0.25, -0.2) is 18.1 Å². The van der Waals surface area contributed by atoms with Gasteiger partial charge in [0.1, 0.15) is 11.9 Å². The lowest BCUT2D eigenvalue weighted by Crippen LogP contribution is -2.29. The molecule has 0 atom stereocenters. The highest BCUT2D eigenvalue weighted by Gasteiger charge is 2.33. The largest absolute Gasteiger partial charge is 0.416 e. The van der Waals surface area contributed by atoms with Crippen molar-refractivity contribution in [2.24, 2.45) is 0 Å². The first-order chi connectivity index (χ1) is 12.1. The SMILES string of the molecule is Cc1ccc(S(=O)(=O)NCCNc2ncccc2C#N)cc1C(F)(F)F. The van der Waals surface area contributed by atoms with Gasteiger partial charge in [-0.05, 0) is 36.8 Å². The van der Waals surface area contributed by atoms with Crippen LogP contribution in [-0.2, 0) is 16.2 Å². The van der Waals surface area contributed by atoms with Crippen molar-refractivity contribution in [3.63, 3.8) is 0 Å². The van der Waals surface area contributed by atoms with Crippen LogP contribution >= 0.6 is 0 Å². The lowest BCUT2D eigenvalue weighted by Gasteiger charge is -2.13. The van der Waals surface area contributed by atoms with E-state index >= 15 is 0 Å². The van der Waals surface area contributed by atoms with E-state index in [1.54, 1.807) is 12.1 Å². The van der Waals surface area contributed by atoms with Crippen molar-refractivity contribution in [1.82, 2.24) is 9.71 Å². The normalized spacial score (nSPS) is 11.8. The second-order valence-corrected chi connectivity index (χ2v) is 7.08. The number of nitrogens with zero attached hydrogens (tertiary/aromatic N) is 2. The molecule has 2 aromatic rings. The maximum absolute atomic E-state index is 12.9. The Labute approximate surface area is 148 Å². The Hall–Kier alpha value is -2.64. The van der Waals surface area contributed by atoms with Gasteiger partial charge in [0.25, 0.3) is 0 Å². The summed E-state index contributed by atoms with van der Waals surface area (Å²) in [6.07, 6.45) is -3.16. The van der Waals surface area contributed by atoms with Crippen molar-refractivity contribution >= 4 is 15.8 Å². The minimum Gasteiger partial charge on any atom is -0.368 e. The van der Waals surface area contributed by atoms with Gasteiger partial charge in [0, 0.05) is 19.3 Å². The van der Waals surface area contributed by atoms with E-state index in [4.69, 9.17) is 5.26 Å². The minimum atomic E-state index is -4.64. The fraction of sp³-hybridized carbons (Fsp3) is 0.250. The monoisotopic (exact) mass is 384 g/mol. The number of aromatic nitrogens is 1. The maximum Gasteiger partial charge on any atom is 0.416 e. The molecule has 26 heavy (non-hydrogen) atoms. The zero-order valence-corrected chi connectivity index (χ0v) is 14.4. The molecule has 0 aliphatic rings. The first kappa shape index (κ1) is 19.7. The predicted octanol–water partition coefficient (Wildman–Crippen LogP) is 2.67. The summed E-state index contributed by atoms with van der Waals surface area (Å²) >= 11 is 0. The Kier molecular flexibility index (Phi) is 5.84. The molecule has 0 saturated heterocycles. The summed E-state index contributed by atoms with van der Waals surface area (Å²) in [7, 11) is -4.11. The Morgan fingerprint density at radius 2 is 1.96 bits per heavy atom. The van der Waals surface area contributed by atoms with Crippen molar-refractivity contribution in [3.05, 3.63) is 53.2 Å². The summed E-state index contributed by atoms with van der Waals surface area (Å²) in [4.78, 5) is 3.49. The molecular formula is C16H15F3N4O2S. The highest BCUT2D eigenvalue weighted by Crippen LogP contribution is 2.33. The van der Waals surface area contributed by atoms with Gasteiger partial charge in [-0.15, -0.1) is 0 Å². The molecule has 2 rings (SSSR count). The van der Waals surface area contributed by atoms with Gasteiger partial charge >= 0.3 is 6.18 Å². The Morgan fingerprint density at radius 3 is 2.62 bits per heavy atom. The third kappa shape index (κ3) is 4.71. The van der Waals surface area contributed by atoms with Gasteiger partial charge in [0.15, 0.2) is 0 Å². The first-order valence-electron chi connectivity index (χ1n) is 7.41. The molecule has 1 aromatic carbocycles. The van der Waals surface area contributed by atoms with Crippen LogP contribution in [0.3, 0.4) is 0 Å². The molecule has 0 saturated carbocycles. The van der Waals surface area contributed by atoms with E-state index in [1.807, 2.05) is 6.07 Å². The van der Waals surface area contributed by atoms with Gasteiger partial charge < -0.3 is 5.32 Å². The Balaban J connectivity index is 2.05. The Morgan fingerprint density at radius 1 is 1.23 bits per heavy atom. The number of rotatable bonds is 6. The molecule has 0 unspecified atom stereocenters. The number of nitrogens with one attached hydrogen (secondary N) is 2. The second kappa shape index (κ2) is 7.72. The summed E-state index contributed by atoms with van der Waals surface area (Å²) in [5, 5.41) is 11.7. The van der Waals surface area contributed by atoms with Crippen LogP contribution in [0.15, 0.2) is 41.4 Å². The number of anilines is 1. The number of nitriles is 1. The van der Waals surface area contributed by atoms with E-state index in [0.717, 1.165) is 12.1 Å². The summed E-state index contributed by atoms with van der Waals surface area (Å²) < 4.78 is 65.4. The molecule has 0 fully saturated rings. The average molecular weight is 384 g/mol. The van der Waals surface area contributed by atoms with Crippen molar-refractivity contribution in [2.45, 2.75) is 18.0 Å². The molecule has 0 aliphatic carbocycles. The number of benzene rings is 1. The van der Waals surface area contributed by atoms with E-state index < -0.39 is 26.7 Å². The van der Waals surface area contributed by atoms with Crippen LogP contribution in [0.2, 0.25) is 0 Å². The van der Waals surface area contributed by atoms with Crippen LogP contribution in [0.4, 0.5) is 19.0 Å². The molecule has 0 aliphatic heterocycles. The third-order valence-electron chi connectivity index (χ3n) is 3.46. The molecule has 10 heteroatoms. The maximum atomic E-state index is 12.9. The van der Waals surface area contributed by atoms with Gasteiger partial charge in [-0.1, -0.05) is 6.07 Å². The van der Waals surface area contributed by atoms with E-state index in [1.165, 1.54) is 13.1 Å². The van der Waals surface area contributed by atoms with Crippen LogP contribution < -0.4 is 10.0 Å². The number of halogens is 3. The van der Waals surface area contributed by atoms with E-state index in [9.17, 15) is 21.6 Å². The van der Waals surface area contributed by atoms with Crippen LogP contribution in [-0.4, -0.2) is 26.5 Å². The van der Waals surface area contributed by atoms with E-state index in [-0.39, 0.29) is 18.7 Å². The number of aryl methyl sites for hydroxylation is 1. The van der Waals surface area contributed by atoms with Crippen LogP contribution in [0, 0.1) is 18.3 Å². The second-order valence-electron chi connectivity index (χ2n) is 5.31. The highest BCUT2D eigenvalue weighted by molar-refractivity contribution is 7.89. The summed E-state index contributed by atoms with van der Waals surface area (Å²) in [6.45, 7) is 1.26. The topological polar surface area (TPSA) is 94.9 Å². The number of pyridine rings is 1. The van der Waals surface area contributed by atoms with Crippen LogP contribution in [0.1, 0.15) is 16.7 Å². The molecule has 0 spiro atoms. The summed E-state index contributed by atoms with van der Waals surface area (Å²) in [5.74, 6) is 0.295. The fourth-order valence-electron chi connectivity index (χ4n) is 2.16. The molecular weight excluding hydrogens is 369 g/mol. The molecule has 2 N–H and O–H groups in total. The quantitative estimate of drug-likeness (QED) is 0.747. The van der Waals surface area contributed by atoms with Gasteiger partial charge in [0.2, 0.25) is 10.0 Å². The smallest absolute Gasteiger partial charge is 0.368 e. The van der Waals surface area contributed by atoms with Gasteiger partial charge in [0.05, 0.1) is 16.0 Å². The molecule has 0 radical (unpaired) electrons. The molecule has 138 valence electrons. The predicted molar refractivity (Wildman–Crippen MR) is 88.8 cm³/mol. The number of alkyl halides is 3. The molecule has 6 nitrogen and oxygen atoms in total. The number of hydrogen-bond donors (Lipinski definition) is 2.